The number of carbonyl (C=O) groups excluding carboxylic acids is 3. The molecule has 0 heterocycles. The Hall–Kier alpha value is -3.65. The highest BCUT2D eigenvalue weighted by Crippen LogP contribution is 2.10. The predicted molar refractivity (Wildman–Crippen MR) is 117 cm³/mol. The van der Waals surface area contributed by atoms with Crippen LogP contribution < -0.4 is 16.1 Å². The smallest absolute Gasteiger partial charge is 0.407 e. The summed E-state index contributed by atoms with van der Waals surface area (Å²) in [6.07, 6.45) is 3.13. The number of ether oxygens (including phenoxy) is 1. The number of alkyl carbamates (subject to hydrolysis) is 1. The summed E-state index contributed by atoms with van der Waals surface area (Å²) in [7, 11) is 0. The summed E-state index contributed by atoms with van der Waals surface area (Å²) in [5, 5.41) is 13.8. The minimum atomic E-state index is -1.19. The van der Waals surface area contributed by atoms with Crippen molar-refractivity contribution in [3.05, 3.63) is 71.3 Å². The maximum absolute atomic E-state index is 12.5. The highest BCUT2D eigenvalue weighted by Gasteiger charge is 2.23. The molecule has 0 radical (unpaired) electrons. The molecule has 0 spiro atoms. The van der Waals surface area contributed by atoms with Gasteiger partial charge in [-0.05, 0) is 44.0 Å². The minimum absolute atomic E-state index is 0.259. The summed E-state index contributed by atoms with van der Waals surface area (Å²) in [6.45, 7) is 4.84. The molecule has 0 saturated heterocycles. The second kappa shape index (κ2) is 10.9. The van der Waals surface area contributed by atoms with E-state index in [1.807, 2.05) is 42.5 Å². The van der Waals surface area contributed by atoms with Crippen LogP contribution in [0.25, 0.3) is 12.2 Å². The summed E-state index contributed by atoms with van der Waals surface area (Å²) in [5.74, 6) is -1.40. The fraction of sp³-hybridized carbons (Fsp3) is 0.261. The maximum atomic E-state index is 12.5. The number of hydroxylamine groups is 1. The second-order valence-corrected chi connectivity index (χ2v) is 7.75. The Morgan fingerprint density at radius 3 is 2.10 bits per heavy atom. The van der Waals surface area contributed by atoms with E-state index in [4.69, 9.17) is 9.94 Å². The van der Waals surface area contributed by atoms with Gasteiger partial charge >= 0.3 is 6.09 Å². The van der Waals surface area contributed by atoms with Crippen LogP contribution in [-0.2, 0) is 9.53 Å². The normalized spacial score (nSPS) is 12.1. The first-order valence-corrected chi connectivity index (χ1v) is 9.73. The van der Waals surface area contributed by atoms with Crippen molar-refractivity contribution in [3.63, 3.8) is 0 Å². The van der Waals surface area contributed by atoms with Crippen LogP contribution in [0.3, 0.4) is 0 Å². The van der Waals surface area contributed by atoms with E-state index in [1.54, 1.807) is 45.0 Å². The standard InChI is InChI=1S/C23H27N3O5/c1-23(2,3)31-22(29)24-15-19(21(28)26-30)25-20(27)18-13-11-17(12-14-18)10-9-16-7-5-4-6-8-16/h4-14,19,30H,15H2,1-3H3,(H,24,29)(H,25,27)(H,26,28)/b10-9+. The number of hydrogen-bond acceptors (Lipinski definition) is 5. The van der Waals surface area contributed by atoms with Gasteiger partial charge in [0.05, 0.1) is 6.54 Å². The van der Waals surface area contributed by atoms with Gasteiger partial charge in [0.25, 0.3) is 11.8 Å². The average Bonchev–Trinajstić information content (AvgIpc) is 2.74. The number of rotatable bonds is 7. The molecule has 0 aliphatic rings. The Labute approximate surface area is 181 Å². The number of carbonyl (C=O) groups is 3. The molecule has 8 nitrogen and oxygen atoms in total. The van der Waals surface area contributed by atoms with Gasteiger partial charge < -0.3 is 15.4 Å². The quantitative estimate of drug-likeness (QED) is 0.309. The fourth-order valence-corrected chi connectivity index (χ4v) is 2.53. The number of amides is 3. The molecule has 0 aromatic heterocycles. The molecule has 1 atom stereocenters. The molecule has 4 N–H and O–H groups in total. The van der Waals surface area contributed by atoms with E-state index in [2.05, 4.69) is 10.6 Å². The Balaban J connectivity index is 1.98. The molecule has 3 amide bonds. The van der Waals surface area contributed by atoms with Crippen LogP contribution in [0.5, 0.6) is 0 Å². The zero-order valence-electron chi connectivity index (χ0n) is 17.7. The summed E-state index contributed by atoms with van der Waals surface area (Å²) in [6, 6.07) is 15.4. The zero-order chi connectivity index (χ0) is 22.9. The lowest BCUT2D eigenvalue weighted by Crippen LogP contribution is -2.52. The van der Waals surface area contributed by atoms with Crippen molar-refractivity contribution < 1.29 is 24.3 Å². The van der Waals surface area contributed by atoms with E-state index in [0.717, 1.165) is 11.1 Å². The first-order chi connectivity index (χ1) is 14.7. The molecule has 8 heteroatoms. The van der Waals surface area contributed by atoms with E-state index in [9.17, 15) is 14.4 Å². The lowest BCUT2D eigenvalue weighted by molar-refractivity contribution is -0.131. The molecular weight excluding hydrogens is 398 g/mol. The zero-order valence-corrected chi connectivity index (χ0v) is 17.7. The van der Waals surface area contributed by atoms with Gasteiger partial charge in [-0.25, -0.2) is 10.3 Å². The average molecular weight is 425 g/mol. The molecule has 0 saturated carbocycles. The van der Waals surface area contributed by atoms with Gasteiger partial charge in [-0.2, -0.15) is 0 Å². The van der Waals surface area contributed by atoms with Crippen LogP contribution >= 0.6 is 0 Å². The Morgan fingerprint density at radius 2 is 1.55 bits per heavy atom. The van der Waals surface area contributed by atoms with Crippen LogP contribution in [-0.4, -0.2) is 41.3 Å². The van der Waals surface area contributed by atoms with Gasteiger partial charge in [0.1, 0.15) is 11.6 Å². The lowest BCUT2D eigenvalue weighted by atomic mass is 10.1. The molecule has 164 valence electrons. The first-order valence-electron chi connectivity index (χ1n) is 9.73. The van der Waals surface area contributed by atoms with Gasteiger partial charge in [0.2, 0.25) is 0 Å². The van der Waals surface area contributed by atoms with Gasteiger partial charge in [0, 0.05) is 5.56 Å². The third-order valence-electron chi connectivity index (χ3n) is 4.02. The summed E-state index contributed by atoms with van der Waals surface area (Å²) in [5.41, 5.74) is 3.05. The third kappa shape index (κ3) is 8.31. The second-order valence-electron chi connectivity index (χ2n) is 7.75. The molecule has 1 unspecified atom stereocenters. The van der Waals surface area contributed by atoms with Crippen molar-refractivity contribution >= 4 is 30.1 Å². The third-order valence-corrected chi connectivity index (χ3v) is 4.02. The number of hydrogen-bond donors (Lipinski definition) is 4. The molecule has 31 heavy (non-hydrogen) atoms. The van der Waals surface area contributed by atoms with Crippen molar-refractivity contribution in [3.8, 4) is 0 Å². The Morgan fingerprint density at radius 1 is 0.968 bits per heavy atom. The summed E-state index contributed by atoms with van der Waals surface area (Å²) >= 11 is 0. The van der Waals surface area contributed by atoms with Crippen LogP contribution in [0, 0.1) is 0 Å². The molecule has 2 aromatic carbocycles. The molecule has 0 aliphatic carbocycles. The van der Waals surface area contributed by atoms with E-state index in [-0.39, 0.29) is 6.54 Å². The summed E-state index contributed by atoms with van der Waals surface area (Å²) < 4.78 is 5.10. The maximum Gasteiger partial charge on any atom is 0.407 e. The molecule has 0 bridgehead atoms. The van der Waals surface area contributed by atoms with Gasteiger partial charge in [-0.15, -0.1) is 0 Å². The molecule has 2 aromatic rings. The minimum Gasteiger partial charge on any atom is -0.444 e. The monoisotopic (exact) mass is 425 g/mol. The Kier molecular flexibility index (Phi) is 8.33. The van der Waals surface area contributed by atoms with Gasteiger partial charge in [0.15, 0.2) is 0 Å². The van der Waals surface area contributed by atoms with E-state index in [0.29, 0.717) is 5.56 Å². The van der Waals surface area contributed by atoms with E-state index >= 15 is 0 Å². The Bertz CT molecular complexity index is 918. The molecule has 0 aliphatic heterocycles. The van der Waals surface area contributed by atoms with Crippen LogP contribution in [0.15, 0.2) is 54.6 Å². The molecule has 2 rings (SSSR count). The predicted octanol–water partition coefficient (Wildman–Crippen LogP) is 2.99. The highest BCUT2D eigenvalue weighted by molar-refractivity contribution is 5.97. The van der Waals surface area contributed by atoms with Crippen molar-refractivity contribution in [2.75, 3.05) is 6.54 Å². The van der Waals surface area contributed by atoms with Crippen molar-refractivity contribution in [1.82, 2.24) is 16.1 Å². The lowest BCUT2D eigenvalue weighted by Gasteiger charge is -2.21. The van der Waals surface area contributed by atoms with Crippen molar-refractivity contribution in [2.24, 2.45) is 0 Å². The van der Waals surface area contributed by atoms with Gasteiger partial charge in [-0.1, -0.05) is 54.6 Å². The topological polar surface area (TPSA) is 117 Å². The molecule has 0 fully saturated rings. The largest absolute Gasteiger partial charge is 0.444 e. The number of benzene rings is 2. The van der Waals surface area contributed by atoms with Gasteiger partial charge in [-0.3, -0.25) is 14.8 Å². The van der Waals surface area contributed by atoms with E-state index in [1.165, 1.54) is 5.48 Å². The van der Waals surface area contributed by atoms with Crippen LogP contribution in [0.2, 0.25) is 0 Å². The van der Waals surface area contributed by atoms with Crippen LogP contribution in [0.4, 0.5) is 4.79 Å². The first kappa shape index (κ1) is 23.6. The van der Waals surface area contributed by atoms with E-state index < -0.39 is 29.6 Å². The van der Waals surface area contributed by atoms with Crippen molar-refractivity contribution in [1.29, 1.82) is 0 Å². The summed E-state index contributed by atoms with van der Waals surface area (Å²) in [4.78, 5) is 36.2. The fourth-order valence-electron chi connectivity index (χ4n) is 2.53. The molecular formula is C23H27N3O5. The van der Waals surface area contributed by atoms with Crippen molar-refractivity contribution in [2.45, 2.75) is 32.4 Å². The SMILES string of the molecule is CC(C)(C)OC(=O)NCC(NC(=O)c1ccc(/C=C/c2ccccc2)cc1)C(=O)NO. The highest BCUT2D eigenvalue weighted by atomic mass is 16.6. The number of nitrogens with one attached hydrogen (secondary N) is 3. The van der Waals surface area contributed by atoms with Crippen LogP contribution in [0.1, 0.15) is 42.3 Å².